The van der Waals surface area contributed by atoms with Crippen LogP contribution in [0.15, 0.2) is 45.3 Å². The largest absolute Gasteiger partial charge is 0.388 e. The maximum atomic E-state index is 13.2. The lowest BCUT2D eigenvalue weighted by atomic mass is 10.00. The minimum absolute atomic E-state index is 0.296. The lowest BCUT2D eigenvalue weighted by Crippen LogP contribution is -2.03. The average Bonchev–Trinajstić information content (AvgIpc) is 2.37. The molecule has 0 aliphatic rings. The highest BCUT2D eigenvalue weighted by atomic mass is 79.9. The number of aliphatic hydroxyl groups is 1. The molecule has 0 saturated carbocycles. The van der Waals surface area contributed by atoms with E-state index in [0.717, 1.165) is 21.2 Å². The lowest BCUT2D eigenvalue weighted by Gasteiger charge is -2.14. The third-order valence-electron chi connectivity index (χ3n) is 2.99. The summed E-state index contributed by atoms with van der Waals surface area (Å²) in [7, 11) is 0. The van der Waals surface area contributed by atoms with Crippen LogP contribution < -0.4 is 0 Å². The van der Waals surface area contributed by atoms with Crippen molar-refractivity contribution < 1.29 is 9.50 Å². The van der Waals surface area contributed by atoms with Crippen LogP contribution >= 0.6 is 31.9 Å². The zero-order valence-electron chi connectivity index (χ0n) is 10.3. The van der Waals surface area contributed by atoms with Gasteiger partial charge in [-0.25, -0.2) is 4.39 Å². The maximum Gasteiger partial charge on any atom is 0.137 e. The van der Waals surface area contributed by atoms with Gasteiger partial charge in [0.25, 0.3) is 0 Å². The molecule has 0 spiro atoms. The Morgan fingerprint density at radius 3 is 2.63 bits per heavy atom. The Bertz CT molecular complexity index is 599. The van der Waals surface area contributed by atoms with E-state index >= 15 is 0 Å². The van der Waals surface area contributed by atoms with E-state index in [4.69, 9.17) is 0 Å². The monoisotopic (exact) mass is 386 g/mol. The summed E-state index contributed by atoms with van der Waals surface area (Å²) < 4.78 is 14.5. The van der Waals surface area contributed by atoms with Gasteiger partial charge < -0.3 is 5.11 Å². The smallest absolute Gasteiger partial charge is 0.137 e. The topological polar surface area (TPSA) is 20.2 Å². The minimum atomic E-state index is -0.619. The first-order chi connectivity index (χ1) is 8.99. The summed E-state index contributed by atoms with van der Waals surface area (Å²) in [5.41, 5.74) is 2.81. The summed E-state index contributed by atoms with van der Waals surface area (Å²) in [6, 6.07) is 10.6. The number of benzene rings is 2. The maximum absolute atomic E-state index is 13.2. The Labute approximate surface area is 128 Å². The molecule has 1 nitrogen and oxygen atoms in total. The van der Waals surface area contributed by atoms with E-state index < -0.39 is 6.10 Å². The molecule has 2 rings (SSSR count). The summed E-state index contributed by atoms with van der Waals surface area (Å²) in [5, 5.41) is 10.3. The van der Waals surface area contributed by atoms with Gasteiger partial charge >= 0.3 is 0 Å². The molecule has 0 aliphatic heterocycles. The van der Waals surface area contributed by atoms with Gasteiger partial charge in [-0.3, -0.25) is 0 Å². The van der Waals surface area contributed by atoms with Crippen molar-refractivity contribution in [2.24, 2.45) is 0 Å². The number of aryl methyl sites for hydroxylation is 1. The molecule has 2 aromatic carbocycles. The first-order valence-corrected chi connectivity index (χ1v) is 7.44. The van der Waals surface area contributed by atoms with Crippen LogP contribution in [0.1, 0.15) is 22.8 Å². The average molecular weight is 388 g/mol. The second-order valence-electron chi connectivity index (χ2n) is 4.45. The highest BCUT2D eigenvalue weighted by Gasteiger charge is 2.13. The van der Waals surface area contributed by atoms with Gasteiger partial charge in [-0.1, -0.05) is 40.2 Å². The van der Waals surface area contributed by atoms with Crippen molar-refractivity contribution >= 4 is 31.9 Å². The van der Waals surface area contributed by atoms with E-state index in [1.165, 1.54) is 6.07 Å². The molecule has 1 unspecified atom stereocenters. The highest BCUT2D eigenvalue weighted by molar-refractivity contribution is 9.10. The summed E-state index contributed by atoms with van der Waals surface area (Å²) in [6.45, 7) is 1.98. The van der Waals surface area contributed by atoms with Crippen molar-refractivity contribution in [3.05, 3.63) is 67.9 Å². The van der Waals surface area contributed by atoms with Gasteiger partial charge in [0, 0.05) is 10.9 Å². The Morgan fingerprint density at radius 1 is 1.21 bits per heavy atom. The third kappa shape index (κ3) is 3.44. The molecule has 0 amide bonds. The van der Waals surface area contributed by atoms with Crippen LogP contribution in [0.3, 0.4) is 0 Å². The summed E-state index contributed by atoms with van der Waals surface area (Å²) in [5.74, 6) is -0.296. The van der Waals surface area contributed by atoms with Crippen molar-refractivity contribution in [2.75, 3.05) is 0 Å². The van der Waals surface area contributed by atoms with Crippen LogP contribution in [0.5, 0.6) is 0 Å². The van der Waals surface area contributed by atoms with E-state index in [-0.39, 0.29) is 5.82 Å². The van der Waals surface area contributed by atoms with Gasteiger partial charge in [0.15, 0.2) is 0 Å². The van der Waals surface area contributed by atoms with Crippen LogP contribution in [-0.4, -0.2) is 5.11 Å². The summed E-state index contributed by atoms with van der Waals surface area (Å²) in [6.07, 6.45) is -0.173. The van der Waals surface area contributed by atoms with E-state index in [0.29, 0.717) is 10.9 Å². The molecular formula is C15H13Br2FO. The molecule has 100 valence electrons. The standard InChI is InChI=1S/C15H13Br2FO/c1-9-3-2-4-11(15(9)17)14(19)8-10-5-6-13(18)12(16)7-10/h2-7,14,19H,8H2,1H3. The van der Waals surface area contributed by atoms with Gasteiger partial charge in [0.2, 0.25) is 0 Å². The molecule has 0 saturated heterocycles. The van der Waals surface area contributed by atoms with Crippen LogP contribution in [0.25, 0.3) is 0 Å². The third-order valence-corrected chi connectivity index (χ3v) is 4.68. The number of rotatable bonds is 3. The molecule has 2 aromatic rings. The van der Waals surface area contributed by atoms with Crippen molar-refractivity contribution in [2.45, 2.75) is 19.4 Å². The Balaban J connectivity index is 2.23. The molecule has 4 heteroatoms. The van der Waals surface area contributed by atoms with E-state index in [1.807, 2.05) is 25.1 Å². The Kier molecular flexibility index (Phi) is 4.76. The summed E-state index contributed by atoms with van der Waals surface area (Å²) in [4.78, 5) is 0. The number of hydrogen-bond acceptors (Lipinski definition) is 1. The lowest BCUT2D eigenvalue weighted by molar-refractivity contribution is 0.177. The molecule has 0 heterocycles. The quantitative estimate of drug-likeness (QED) is 0.791. The predicted molar refractivity (Wildman–Crippen MR) is 81.6 cm³/mol. The van der Waals surface area contributed by atoms with Crippen molar-refractivity contribution in [1.82, 2.24) is 0 Å². The Hall–Kier alpha value is -0.710. The molecule has 19 heavy (non-hydrogen) atoms. The fraction of sp³-hybridized carbons (Fsp3) is 0.200. The number of halogens is 3. The molecule has 0 bridgehead atoms. The first kappa shape index (κ1) is 14.7. The molecule has 1 N–H and O–H groups in total. The van der Waals surface area contributed by atoms with Crippen LogP contribution in [0, 0.1) is 12.7 Å². The molecule has 0 aromatic heterocycles. The second kappa shape index (κ2) is 6.16. The van der Waals surface area contributed by atoms with Crippen molar-refractivity contribution in [1.29, 1.82) is 0 Å². The van der Waals surface area contributed by atoms with Crippen LogP contribution in [-0.2, 0) is 6.42 Å². The second-order valence-corrected chi connectivity index (χ2v) is 6.09. The van der Waals surface area contributed by atoms with Gasteiger partial charge in [0.05, 0.1) is 10.6 Å². The molecule has 0 radical (unpaired) electrons. The zero-order valence-corrected chi connectivity index (χ0v) is 13.5. The van der Waals surface area contributed by atoms with Gasteiger partial charge in [-0.05, 0) is 51.7 Å². The highest BCUT2D eigenvalue weighted by Crippen LogP contribution is 2.29. The fourth-order valence-corrected chi connectivity index (χ4v) is 2.88. The molecule has 0 fully saturated rings. The van der Waals surface area contributed by atoms with E-state index in [2.05, 4.69) is 31.9 Å². The van der Waals surface area contributed by atoms with Crippen LogP contribution in [0.2, 0.25) is 0 Å². The molecule has 1 atom stereocenters. The predicted octanol–water partition coefficient (Wildman–Crippen LogP) is 4.94. The SMILES string of the molecule is Cc1cccc(C(O)Cc2ccc(F)c(Br)c2)c1Br. The normalized spacial score (nSPS) is 12.5. The van der Waals surface area contributed by atoms with E-state index in [1.54, 1.807) is 12.1 Å². The zero-order chi connectivity index (χ0) is 14.0. The van der Waals surface area contributed by atoms with E-state index in [9.17, 15) is 9.50 Å². The van der Waals surface area contributed by atoms with Gasteiger partial charge in [-0.15, -0.1) is 0 Å². The minimum Gasteiger partial charge on any atom is -0.388 e. The van der Waals surface area contributed by atoms with Crippen LogP contribution in [0.4, 0.5) is 4.39 Å². The first-order valence-electron chi connectivity index (χ1n) is 5.86. The van der Waals surface area contributed by atoms with Gasteiger partial charge in [0.1, 0.15) is 5.82 Å². The number of aliphatic hydroxyl groups excluding tert-OH is 1. The number of hydrogen-bond donors (Lipinski definition) is 1. The van der Waals surface area contributed by atoms with Gasteiger partial charge in [-0.2, -0.15) is 0 Å². The fourth-order valence-electron chi connectivity index (χ4n) is 1.93. The summed E-state index contributed by atoms with van der Waals surface area (Å²) >= 11 is 6.64. The van der Waals surface area contributed by atoms with Crippen molar-refractivity contribution in [3.63, 3.8) is 0 Å². The Morgan fingerprint density at radius 2 is 1.95 bits per heavy atom. The van der Waals surface area contributed by atoms with Crippen molar-refractivity contribution in [3.8, 4) is 0 Å². The molecule has 0 aliphatic carbocycles. The molecular weight excluding hydrogens is 375 g/mol.